The van der Waals surface area contributed by atoms with E-state index >= 15 is 0 Å². The third kappa shape index (κ3) is 3.72. The van der Waals surface area contributed by atoms with E-state index in [1.807, 2.05) is 12.1 Å². The zero-order chi connectivity index (χ0) is 13.7. The maximum absolute atomic E-state index is 10.7. The monoisotopic (exact) mass is 281 g/mol. The number of hydrogen-bond acceptors (Lipinski definition) is 3. The van der Waals surface area contributed by atoms with E-state index in [0.29, 0.717) is 11.6 Å². The number of nitrogens with zero attached hydrogens (tertiary/aromatic N) is 1. The van der Waals surface area contributed by atoms with E-state index in [1.54, 1.807) is 12.1 Å². The number of benzene rings is 1. The van der Waals surface area contributed by atoms with Gasteiger partial charge < -0.3 is 14.7 Å². The highest BCUT2D eigenvalue weighted by Crippen LogP contribution is 2.29. The molecule has 1 aliphatic heterocycles. The van der Waals surface area contributed by atoms with E-state index in [4.69, 9.17) is 21.4 Å². The molecule has 1 N–H and O–H groups in total. The summed E-state index contributed by atoms with van der Waals surface area (Å²) in [6.07, 6.45) is 3.61. The summed E-state index contributed by atoms with van der Waals surface area (Å²) in [7, 11) is 0. The normalized spacial score (nSPS) is 16.6. The van der Waals surface area contributed by atoms with Gasteiger partial charge in [0.1, 0.15) is 0 Å². The van der Waals surface area contributed by atoms with Crippen molar-refractivity contribution in [1.29, 1.82) is 0 Å². The Labute approximate surface area is 117 Å². The Bertz CT molecular complexity index is 480. The van der Waals surface area contributed by atoms with E-state index in [2.05, 4.69) is 4.90 Å². The number of rotatable bonds is 3. The van der Waals surface area contributed by atoms with E-state index in [9.17, 15) is 4.79 Å². The van der Waals surface area contributed by atoms with Crippen LogP contribution in [0.4, 0.5) is 5.69 Å². The van der Waals surface area contributed by atoms with E-state index in [0.717, 1.165) is 43.4 Å². The second kappa shape index (κ2) is 6.59. The van der Waals surface area contributed by atoms with Crippen molar-refractivity contribution in [3.63, 3.8) is 0 Å². The molecule has 1 saturated heterocycles. The summed E-state index contributed by atoms with van der Waals surface area (Å²) in [5.41, 5.74) is 1.70. The molecule has 0 saturated carbocycles. The van der Waals surface area contributed by atoms with Crippen LogP contribution >= 0.6 is 11.6 Å². The Morgan fingerprint density at radius 1 is 1.37 bits per heavy atom. The minimum absolute atomic E-state index is 0.556. The van der Waals surface area contributed by atoms with Crippen molar-refractivity contribution >= 4 is 29.3 Å². The number of carboxylic acids is 1. The lowest BCUT2D eigenvalue weighted by molar-refractivity contribution is -0.131. The third-order valence-corrected chi connectivity index (χ3v) is 3.32. The lowest BCUT2D eigenvalue weighted by Gasteiger charge is -2.24. The van der Waals surface area contributed by atoms with Gasteiger partial charge in [0.05, 0.1) is 6.61 Å². The maximum Gasteiger partial charge on any atom is 0.328 e. The van der Waals surface area contributed by atoms with Crippen LogP contribution in [-0.2, 0) is 9.53 Å². The molecule has 0 unspecified atom stereocenters. The molecule has 0 bridgehead atoms. The molecule has 5 heteroatoms. The quantitative estimate of drug-likeness (QED) is 0.866. The Balaban J connectivity index is 2.32. The first-order valence-corrected chi connectivity index (χ1v) is 6.58. The van der Waals surface area contributed by atoms with Gasteiger partial charge in [-0.15, -0.1) is 0 Å². The number of ether oxygens (including phenoxy) is 1. The van der Waals surface area contributed by atoms with Crippen LogP contribution in [0.3, 0.4) is 0 Å². The molecule has 1 aromatic carbocycles. The van der Waals surface area contributed by atoms with Crippen LogP contribution in [0.5, 0.6) is 0 Å². The lowest BCUT2D eigenvalue weighted by atomic mass is 10.1. The number of carbonyl (C=O) groups is 1. The van der Waals surface area contributed by atoms with Crippen LogP contribution in [0, 0.1) is 0 Å². The summed E-state index contributed by atoms with van der Waals surface area (Å²) in [6, 6.07) is 5.60. The molecule has 0 spiro atoms. The van der Waals surface area contributed by atoms with Gasteiger partial charge in [-0.3, -0.25) is 0 Å². The predicted octanol–water partition coefficient (Wildman–Crippen LogP) is 2.66. The summed E-state index contributed by atoms with van der Waals surface area (Å²) in [5.74, 6) is -0.981. The van der Waals surface area contributed by atoms with Crippen LogP contribution in [-0.4, -0.2) is 37.4 Å². The Hall–Kier alpha value is -1.52. The zero-order valence-corrected chi connectivity index (χ0v) is 11.3. The van der Waals surface area contributed by atoms with Gasteiger partial charge in [0.15, 0.2) is 0 Å². The summed E-state index contributed by atoms with van der Waals surface area (Å²) in [4.78, 5) is 12.8. The highest BCUT2D eigenvalue weighted by molar-refractivity contribution is 6.32. The lowest BCUT2D eigenvalue weighted by Crippen LogP contribution is -2.26. The van der Waals surface area contributed by atoms with Gasteiger partial charge >= 0.3 is 5.97 Å². The Morgan fingerprint density at radius 3 is 3.00 bits per heavy atom. The van der Waals surface area contributed by atoms with Gasteiger partial charge in [-0.05, 0) is 24.6 Å². The van der Waals surface area contributed by atoms with Gasteiger partial charge in [0.2, 0.25) is 0 Å². The van der Waals surface area contributed by atoms with Crippen molar-refractivity contribution in [3.8, 4) is 0 Å². The Kier molecular flexibility index (Phi) is 4.82. The van der Waals surface area contributed by atoms with E-state index in [-0.39, 0.29) is 0 Å². The second-order valence-corrected chi connectivity index (χ2v) is 4.70. The molecule has 1 aromatic rings. The molecular formula is C14H16ClNO3. The average Bonchev–Trinajstić information content (AvgIpc) is 2.65. The summed E-state index contributed by atoms with van der Waals surface area (Å²) in [6.45, 7) is 3.11. The number of halogens is 1. The summed E-state index contributed by atoms with van der Waals surface area (Å²) >= 11 is 6.17. The largest absolute Gasteiger partial charge is 0.478 e. The predicted molar refractivity (Wildman–Crippen MR) is 75.8 cm³/mol. The smallest absolute Gasteiger partial charge is 0.328 e. The van der Waals surface area contributed by atoms with Gasteiger partial charge in [-0.25, -0.2) is 4.79 Å². The number of anilines is 1. The van der Waals surface area contributed by atoms with Crippen LogP contribution in [0.15, 0.2) is 24.3 Å². The molecular weight excluding hydrogens is 266 g/mol. The third-order valence-electron chi connectivity index (χ3n) is 2.99. The van der Waals surface area contributed by atoms with Gasteiger partial charge in [0, 0.05) is 42.0 Å². The fraction of sp³-hybridized carbons (Fsp3) is 0.357. The first kappa shape index (κ1) is 13.9. The minimum atomic E-state index is -0.981. The zero-order valence-electron chi connectivity index (χ0n) is 10.5. The molecule has 102 valence electrons. The number of carboxylic acid groups (broad SMARTS) is 1. The molecule has 1 fully saturated rings. The van der Waals surface area contributed by atoms with Crippen molar-refractivity contribution in [2.24, 2.45) is 0 Å². The average molecular weight is 282 g/mol. The fourth-order valence-electron chi connectivity index (χ4n) is 2.11. The highest BCUT2D eigenvalue weighted by atomic mass is 35.5. The van der Waals surface area contributed by atoms with Crippen molar-refractivity contribution in [1.82, 2.24) is 0 Å². The van der Waals surface area contributed by atoms with Crippen molar-refractivity contribution in [3.05, 3.63) is 34.9 Å². The first-order valence-electron chi connectivity index (χ1n) is 6.20. The van der Waals surface area contributed by atoms with Crippen LogP contribution in [0.1, 0.15) is 12.0 Å². The molecule has 0 atom stereocenters. The summed E-state index contributed by atoms with van der Waals surface area (Å²) in [5, 5.41) is 9.30. The number of aliphatic carboxylic acids is 1. The molecule has 0 radical (unpaired) electrons. The van der Waals surface area contributed by atoms with Crippen molar-refractivity contribution in [2.75, 3.05) is 31.2 Å². The van der Waals surface area contributed by atoms with Crippen LogP contribution in [0.2, 0.25) is 5.02 Å². The highest BCUT2D eigenvalue weighted by Gasteiger charge is 2.14. The van der Waals surface area contributed by atoms with Crippen molar-refractivity contribution in [2.45, 2.75) is 6.42 Å². The van der Waals surface area contributed by atoms with Gasteiger partial charge in [-0.2, -0.15) is 0 Å². The topological polar surface area (TPSA) is 49.8 Å². The van der Waals surface area contributed by atoms with Crippen molar-refractivity contribution < 1.29 is 14.6 Å². The fourth-order valence-corrected chi connectivity index (χ4v) is 2.34. The van der Waals surface area contributed by atoms with E-state index in [1.165, 1.54) is 0 Å². The standard InChI is InChI=1S/C14H16ClNO3/c15-12-3-1-4-13(11(12)5-6-14(17)18)16-7-2-9-19-10-8-16/h1,3-6H,2,7-10H2,(H,17,18). The van der Waals surface area contributed by atoms with E-state index < -0.39 is 5.97 Å². The molecule has 19 heavy (non-hydrogen) atoms. The molecule has 2 rings (SSSR count). The van der Waals surface area contributed by atoms with Gasteiger partial charge in [0.25, 0.3) is 0 Å². The van der Waals surface area contributed by atoms with Gasteiger partial charge in [-0.1, -0.05) is 17.7 Å². The second-order valence-electron chi connectivity index (χ2n) is 4.30. The SMILES string of the molecule is O=C(O)C=Cc1c(Cl)cccc1N1CCCOCC1. The first-order chi connectivity index (χ1) is 9.18. The maximum atomic E-state index is 10.7. The molecule has 0 aliphatic carbocycles. The molecule has 1 heterocycles. The number of hydrogen-bond donors (Lipinski definition) is 1. The molecule has 0 aromatic heterocycles. The molecule has 1 aliphatic rings. The Morgan fingerprint density at radius 2 is 2.21 bits per heavy atom. The molecule has 4 nitrogen and oxygen atoms in total. The van der Waals surface area contributed by atoms with Crippen LogP contribution in [0.25, 0.3) is 6.08 Å². The van der Waals surface area contributed by atoms with Crippen LogP contribution < -0.4 is 4.90 Å². The summed E-state index contributed by atoms with van der Waals surface area (Å²) < 4.78 is 5.43. The minimum Gasteiger partial charge on any atom is -0.478 e. The molecule has 0 amide bonds.